The van der Waals surface area contributed by atoms with E-state index in [1.54, 1.807) is 13.0 Å². The van der Waals surface area contributed by atoms with Gasteiger partial charge in [-0.25, -0.2) is 0 Å². The molecule has 1 aromatic carbocycles. The smallest absolute Gasteiger partial charge is 0.0402 e. The third kappa shape index (κ3) is 2.73. The van der Waals surface area contributed by atoms with Gasteiger partial charge in [-0.15, -0.1) is 0 Å². The molecular formula is C12H16N2. The molecule has 1 rings (SSSR count). The fourth-order valence-corrected chi connectivity index (χ4v) is 1.29. The quantitative estimate of drug-likeness (QED) is 0.704. The number of allylic oxidation sites excluding steroid dienone is 2. The molecule has 1 aromatic rings. The van der Waals surface area contributed by atoms with Crippen molar-refractivity contribution >= 4 is 5.71 Å². The first-order valence-corrected chi connectivity index (χ1v) is 4.68. The molecule has 0 heterocycles. The van der Waals surface area contributed by atoms with Crippen molar-refractivity contribution in [2.75, 3.05) is 0 Å². The number of hydrogen-bond donors (Lipinski definition) is 2. The lowest BCUT2D eigenvalue weighted by Gasteiger charge is -2.10. The first kappa shape index (κ1) is 10.5. The minimum Gasteiger partial charge on any atom is -0.402 e. The third-order valence-corrected chi connectivity index (χ3v) is 2.15. The van der Waals surface area contributed by atoms with Crippen LogP contribution in [0.5, 0.6) is 0 Å². The standard InChI is InChI=1S/C12H16N2/c1-9(13)8-12(14)10(2)11-6-4-3-5-7-11/h3-8,10,14H,13H2,1-2H3/b9-8-,14-12?. The maximum atomic E-state index is 7.81. The summed E-state index contributed by atoms with van der Waals surface area (Å²) in [6.45, 7) is 3.81. The van der Waals surface area contributed by atoms with E-state index in [2.05, 4.69) is 0 Å². The van der Waals surface area contributed by atoms with Crippen LogP contribution in [0.1, 0.15) is 25.3 Å². The van der Waals surface area contributed by atoms with Gasteiger partial charge >= 0.3 is 0 Å². The van der Waals surface area contributed by atoms with E-state index in [9.17, 15) is 0 Å². The van der Waals surface area contributed by atoms with E-state index in [0.717, 1.165) is 5.56 Å². The second kappa shape index (κ2) is 4.61. The van der Waals surface area contributed by atoms with Crippen molar-refractivity contribution in [2.24, 2.45) is 5.73 Å². The zero-order valence-electron chi connectivity index (χ0n) is 8.62. The first-order chi connectivity index (χ1) is 6.61. The first-order valence-electron chi connectivity index (χ1n) is 4.68. The zero-order valence-corrected chi connectivity index (χ0v) is 8.62. The molecular weight excluding hydrogens is 172 g/mol. The van der Waals surface area contributed by atoms with E-state index in [-0.39, 0.29) is 5.92 Å². The molecule has 2 heteroatoms. The maximum absolute atomic E-state index is 7.81. The van der Waals surface area contributed by atoms with E-state index in [1.165, 1.54) is 0 Å². The Balaban J connectivity index is 2.81. The van der Waals surface area contributed by atoms with Crippen LogP contribution in [0.2, 0.25) is 0 Å². The van der Waals surface area contributed by atoms with Crippen LogP contribution in [0.4, 0.5) is 0 Å². The van der Waals surface area contributed by atoms with Crippen molar-refractivity contribution in [3.05, 3.63) is 47.7 Å². The van der Waals surface area contributed by atoms with Gasteiger partial charge in [0.15, 0.2) is 0 Å². The molecule has 0 aliphatic rings. The minimum atomic E-state index is 0.106. The number of nitrogens with two attached hydrogens (primary N) is 1. The Kier molecular flexibility index (Phi) is 3.46. The Bertz CT molecular complexity index is 335. The molecule has 0 aromatic heterocycles. The predicted molar refractivity (Wildman–Crippen MR) is 60.5 cm³/mol. The van der Waals surface area contributed by atoms with Gasteiger partial charge in [0.25, 0.3) is 0 Å². The van der Waals surface area contributed by atoms with Crippen molar-refractivity contribution in [3.8, 4) is 0 Å². The van der Waals surface area contributed by atoms with Crippen molar-refractivity contribution in [1.29, 1.82) is 5.41 Å². The fraction of sp³-hybridized carbons (Fsp3) is 0.250. The number of nitrogens with one attached hydrogen (secondary N) is 1. The molecule has 0 aliphatic heterocycles. The summed E-state index contributed by atoms with van der Waals surface area (Å²) < 4.78 is 0. The highest BCUT2D eigenvalue weighted by Crippen LogP contribution is 2.16. The Hall–Kier alpha value is -1.57. The molecule has 0 aliphatic carbocycles. The van der Waals surface area contributed by atoms with Crippen LogP contribution < -0.4 is 5.73 Å². The van der Waals surface area contributed by atoms with Crippen molar-refractivity contribution in [1.82, 2.24) is 0 Å². The summed E-state index contributed by atoms with van der Waals surface area (Å²) in [5.41, 5.74) is 7.91. The Labute approximate surface area is 85.0 Å². The summed E-state index contributed by atoms with van der Waals surface area (Å²) in [6, 6.07) is 10.00. The molecule has 0 amide bonds. The molecule has 0 fully saturated rings. The monoisotopic (exact) mass is 188 g/mol. The summed E-state index contributed by atoms with van der Waals surface area (Å²) in [7, 11) is 0. The van der Waals surface area contributed by atoms with Gasteiger partial charge in [0.1, 0.15) is 0 Å². The van der Waals surface area contributed by atoms with E-state index in [1.807, 2.05) is 37.3 Å². The molecule has 0 spiro atoms. The minimum absolute atomic E-state index is 0.106. The topological polar surface area (TPSA) is 49.9 Å². The van der Waals surface area contributed by atoms with E-state index in [0.29, 0.717) is 11.4 Å². The second-order valence-corrected chi connectivity index (χ2v) is 3.48. The van der Waals surface area contributed by atoms with Gasteiger partial charge in [-0.05, 0) is 18.6 Å². The summed E-state index contributed by atoms with van der Waals surface area (Å²) in [5.74, 6) is 0.106. The fourth-order valence-electron chi connectivity index (χ4n) is 1.29. The molecule has 0 saturated heterocycles. The van der Waals surface area contributed by atoms with E-state index < -0.39 is 0 Å². The van der Waals surface area contributed by atoms with E-state index >= 15 is 0 Å². The highest BCUT2D eigenvalue weighted by atomic mass is 14.6. The van der Waals surface area contributed by atoms with Crippen LogP contribution in [0, 0.1) is 5.41 Å². The molecule has 1 unspecified atom stereocenters. The summed E-state index contributed by atoms with van der Waals surface area (Å²) >= 11 is 0. The molecule has 1 atom stereocenters. The Morgan fingerprint density at radius 2 is 1.93 bits per heavy atom. The van der Waals surface area contributed by atoms with Gasteiger partial charge in [0.05, 0.1) is 0 Å². The average molecular weight is 188 g/mol. The molecule has 0 saturated carbocycles. The van der Waals surface area contributed by atoms with Crippen LogP contribution in [-0.2, 0) is 0 Å². The number of hydrogen-bond acceptors (Lipinski definition) is 2. The number of benzene rings is 1. The van der Waals surface area contributed by atoms with Crippen molar-refractivity contribution in [3.63, 3.8) is 0 Å². The molecule has 2 nitrogen and oxygen atoms in total. The van der Waals surface area contributed by atoms with E-state index in [4.69, 9.17) is 11.1 Å². The third-order valence-electron chi connectivity index (χ3n) is 2.15. The van der Waals surface area contributed by atoms with Gasteiger partial charge in [0, 0.05) is 17.3 Å². The van der Waals surface area contributed by atoms with Crippen LogP contribution in [0.3, 0.4) is 0 Å². The van der Waals surface area contributed by atoms with Crippen LogP contribution in [0.25, 0.3) is 0 Å². The molecule has 14 heavy (non-hydrogen) atoms. The van der Waals surface area contributed by atoms with Gasteiger partial charge in [-0.2, -0.15) is 0 Å². The Morgan fingerprint density at radius 1 is 1.36 bits per heavy atom. The summed E-state index contributed by atoms with van der Waals surface area (Å²) in [6.07, 6.45) is 1.71. The van der Waals surface area contributed by atoms with Crippen molar-refractivity contribution in [2.45, 2.75) is 19.8 Å². The molecule has 74 valence electrons. The van der Waals surface area contributed by atoms with Gasteiger partial charge in [-0.3, -0.25) is 0 Å². The highest BCUT2D eigenvalue weighted by Gasteiger charge is 2.08. The lowest BCUT2D eigenvalue weighted by Crippen LogP contribution is -2.07. The SMILES string of the molecule is C/C(N)=C/C(=N)C(C)c1ccccc1. The molecule has 0 bridgehead atoms. The second-order valence-electron chi connectivity index (χ2n) is 3.48. The summed E-state index contributed by atoms with van der Waals surface area (Å²) in [4.78, 5) is 0. The molecule has 0 radical (unpaired) electrons. The van der Waals surface area contributed by atoms with Crippen LogP contribution in [0.15, 0.2) is 42.1 Å². The zero-order chi connectivity index (χ0) is 10.6. The number of rotatable bonds is 3. The average Bonchev–Trinajstić information content (AvgIpc) is 2.17. The van der Waals surface area contributed by atoms with Gasteiger partial charge in [0.2, 0.25) is 0 Å². The van der Waals surface area contributed by atoms with Crippen LogP contribution >= 0.6 is 0 Å². The Morgan fingerprint density at radius 3 is 2.43 bits per heavy atom. The normalized spacial score (nSPS) is 13.7. The molecule has 3 N–H and O–H groups in total. The van der Waals surface area contributed by atoms with Gasteiger partial charge < -0.3 is 11.1 Å². The summed E-state index contributed by atoms with van der Waals surface area (Å²) in [5, 5.41) is 7.81. The lowest BCUT2D eigenvalue weighted by atomic mass is 9.96. The van der Waals surface area contributed by atoms with Crippen molar-refractivity contribution < 1.29 is 0 Å². The predicted octanol–water partition coefficient (Wildman–Crippen LogP) is 2.67. The van der Waals surface area contributed by atoms with Gasteiger partial charge in [-0.1, -0.05) is 37.3 Å². The maximum Gasteiger partial charge on any atom is 0.0402 e. The largest absolute Gasteiger partial charge is 0.402 e. The van der Waals surface area contributed by atoms with Crippen LogP contribution in [-0.4, -0.2) is 5.71 Å². The lowest BCUT2D eigenvalue weighted by molar-refractivity contribution is 1.01. The highest BCUT2D eigenvalue weighted by molar-refractivity contribution is 5.97.